The van der Waals surface area contributed by atoms with Gasteiger partial charge in [-0.15, -0.1) is 0 Å². The van der Waals surface area contributed by atoms with Crippen LogP contribution in [-0.2, 0) is 14.3 Å². The van der Waals surface area contributed by atoms with Crippen molar-refractivity contribution in [3.8, 4) is 0 Å². The normalized spacial score (nSPS) is 35.3. The standard InChI is InChI=1S/C19H30N2O3/c1-13(2)10-20-17(22)15-9-14-11-21(12-16(15)24-14)18(23)19(3)7-5-4-6-8-19/h4-5,13-16H,6-12H2,1-3H3,(H,20,22). The Balaban J connectivity index is 1.62. The van der Waals surface area contributed by atoms with Crippen molar-refractivity contribution >= 4 is 11.8 Å². The van der Waals surface area contributed by atoms with Crippen molar-refractivity contribution in [2.24, 2.45) is 17.3 Å². The van der Waals surface area contributed by atoms with Crippen LogP contribution in [0, 0.1) is 17.3 Å². The predicted octanol–water partition coefficient (Wildman–Crippen LogP) is 2.12. The maximum Gasteiger partial charge on any atom is 0.229 e. The lowest BCUT2D eigenvalue weighted by Crippen LogP contribution is -2.52. The number of fused-ring (bicyclic) bond motifs is 2. The van der Waals surface area contributed by atoms with Gasteiger partial charge in [0.1, 0.15) is 0 Å². The zero-order valence-electron chi connectivity index (χ0n) is 15.1. The highest BCUT2D eigenvalue weighted by Crippen LogP contribution is 2.38. The van der Waals surface area contributed by atoms with E-state index in [1.54, 1.807) is 0 Å². The number of hydrogen-bond donors (Lipinski definition) is 1. The van der Waals surface area contributed by atoms with Crippen molar-refractivity contribution in [3.63, 3.8) is 0 Å². The SMILES string of the molecule is CC(C)CNC(=O)C1CC2CN(C(=O)C3(C)CC=CCC3)CC1O2. The molecule has 134 valence electrons. The molecular weight excluding hydrogens is 304 g/mol. The number of morpholine rings is 1. The van der Waals surface area contributed by atoms with E-state index in [1.807, 2.05) is 4.90 Å². The van der Waals surface area contributed by atoms with Gasteiger partial charge in [0, 0.05) is 19.6 Å². The van der Waals surface area contributed by atoms with Gasteiger partial charge in [0.15, 0.2) is 0 Å². The summed E-state index contributed by atoms with van der Waals surface area (Å²) in [6, 6.07) is 0. The molecule has 0 spiro atoms. The van der Waals surface area contributed by atoms with E-state index in [9.17, 15) is 9.59 Å². The summed E-state index contributed by atoms with van der Waals surface area (Å²) in [5.74, 6) is 0.629. The van der Waals surface area contributed by atoms with Crippen LogP contribution in [0.2, 0.25) is 0 Å². The Morgan fingerprint density at radius 1 is 1.33 bits per heavy atom. The minimum atomic E-state index is -0.291. The van der Waals surface area contributed by atoms with Gasteiger partial charge in [-0.2, -0.15) is 0 Å². The highest BCUT2D eigenvalue weighted by molar-refractivity contribution is 5.84. The van der Waals surface area contributed by atoms with Crippen LogP contribution in [0.25, 0.3) is 0 Å². The number of amides is 2. The summed E-state index contributed by atoms with van der Waals surface area (Å²) in [5.41, 5.74) is -0.291. The summed E-state index contributed by atoms with van der Waals surface area (Å²) < 4.78 is 5.97. The highest BCUT2D eigenvalue weighted by atomic mass is 16.5. The molecule has 0 aromatic heterocycles. The zero-order chi connectivity index (χ0) is 17.3. The molecule has 0 aromatic carbocycles. The maximum absolute atomic E-state index is 13.0. The van der Waals surface area contributed by atoms with E-state index in [0.717, 1.165) is 25.7 Å². The van der Waals surface area contributed by atoms with Gasteiger partial charge in [-0.05, 0) is 31.6 Å². The summed E-state index contributed by atoms with van der Waals surface area (Å²) in [4.78, 5) is 27.4. The molecule has 4 unspecified atom stereocenters. The molecule has 5 nitrogen and oxygen atoms in total. The second-order valence-electron chi connectivity index (χ2n) is 8.26. The summed E-state index contributed by atoms with van der Waals surface area (Å²) in [6.45, 7) is 8.12. The first-order valence-electron chi connectivity index (χ1n) is 9.26. The number of hydrogen-bond acceptors (Lipinski definition) is 3. The molecule has 1 aliphatic carbocycles. The van der Waals surface area contributed by atoms with E-state index in [-0.39, 0.29) is 35.4 Å². The van der Waals surface area contributed by atoms with Gasteiger partial charge in [-0.1, -0.05) is 32.9 Å². The van der Waals surface area contributed by atoms with Crippen LogP contribution in [0.4, 0.5) is 0 Å². The second kappa shape index (κ2) is 6.87. The largest absolute Gasteiger partial charge is 0.370 e. The Hall–Kier alpha value is -1.36. The van der Waals surface area contributed by atoms with Crippen LogP contribution in [0.5, 0.6) is 0 Å². The Labute approximate surface area is 144 Å². The average Bonchev–Trinajstić information content (AvgIpc) is 2.86. The van der Waals surface area contributed by atoms with Crippen LogP contribution >= 0.6 is 0 Å². The first kappa shape index (κ1) is 17.5. The monoisotopic (exact) mass is 334 g/mol. The fourth-order valence-corrected chi connectivity index (χ4v) is 4.08. The third kappa shape index (κ3) is 3.51. The predicted molar refractivity (Wildman–Crippen MR) is 92.3 cm³/mol. The second-order valence-corrected chi connectivity index (χ2v) is 8.26. The van der Waals surface area contributed by atoms with E-state index < -0.39 is 0 Å². The topological polar surface area (TPSA) is 58.6 Å². The lowest BCUT2D eigenvalue weighted by Gasteiger charge is -2.39. The molecule has 4 atom stereocenters. The van der Waals surface area contributed by atoms with Crippen molar-refractivity contribution in [3.05, 3.63) is 12.2 Å². The Bertz CT molecular complexity index is 531. The van der Waals surface area contributed by atoms with E-state index in [2.05, 4.69) is 38.2 Å². The minimum Gasteiger partial charge on any atom is -0.370 e. The van der Waals surface area contributed by atoms with Gasteiger partial charge >= 0.3 is 0 Å². The maximum atomic E-state index is 13.0. The average molecular weight is 334 g/mol. The van der Waals surface area contributed by atoms with Gasteiger partial charge in [0.2, 0.25) is 11.8 Å². The molecule has 0 saturated carbocycles. The fourth-order valence-electron chi connectivity index (χ4n) is 4.08. The molecule has 2 fully saturated rings. The number of carbonyl (C=O) groups excluding carboxylic acids is 2. The lowest BCUT2D eigenvalue weighted by atomic mass is 9.77. The number of ether oxygens (including phenoxy) is 1. The third-order valence-electron chi connectivity index (χ3n) is 5.58. The molecule has 24 heavy (non-hydrogen) atoms. The van der Waals surface area contributed by atoms with Crippen LogP contribution in [-0.4, -0.2) is 48.6 Å². The Morgan fingerprint density at radius 3 is 2.79 bits per heavy atom. The van der Waals surface area contributed by atoms with Crippen molar-refractivity contribution in [2.75, 3.05) is 19.6 Å². The smallest absolute Gasteiger partial charge is 0.229 e. The fraction of sp³-hybridized carbons (Fsp3) is 0.789. The summed E-state index contributed by atoms with van der Waals surface area (Å²) in [7, 11) is 0. The molecule has 3 aliphatic rings. The molecule has 2 saturated heterocycles. The van der Waals surface area contributed by atoms with Gasteiger partial charge in [0.05, 0.1) is 23.5 Å². The quantitative estimate of drug-likeness (QED) is 0.801. The summed E-state index contributed by atoms with van der Waals surface area (Å²) in [5, 5.41) is 3.02. The molecule has 0 radical (unpaired) electrons. The van der Waals surface area contributed by atoms with Gasteiger partial charge in [-0.25, -0.2) is 0 Å². The molecule has 2 aliphatic heterocycles. The number of rotatable bonds is 4. The van der Waals surface area contributed by atoms with Crippen LogP contribution in [0.15, 0.2) is 12.2 Å². The van der Waals surface area contributed by atoms with Crippen molar-refractivity contribution in [1.82, 2.24) is 10.2 Å². The van der Waals surface area contributed by atoms with Crippen molar-refractivity contribution in [1.29, 1.82) is 0 Å². The van der Waals surface area contributed by atoms with Crippen molar-refractivity contribution in [2.45, 2.75) is 58.7 Å². The van der Waals surface area contributed by atoms with Crippen LogP contribution < -0.4 is 5.32 Å². The Kier molecular flexibility index (Phi) is 5.00. The van der Waals surface area contributed by atoms with Gasteiger partial charge in [-0.3, -0.25) is 9.59 Å². The molecule has 5 heteroatoms. The number of nitrogens with zero attached hydrogens (tertiary/aromatic N) is 1. The van der Waals surface area contributed by atoms with E-state index >= 15 is 0 Å². The molecule has 2 heterocycles. The van der Waals surface area contributed by atoms with Gasteiger partial charge in [0.25, 0.3) is 0 Å². The minimum absolute atomic E-state index is 0.00485. The molecule has 3 rings (SSSR count). The first-order chi connectivity index (χ1) is 11.4. The number of likely N-dealkylation sites (tertiary alicyclic amines) is 1. The lowest BCUT2D eigenvalue weighted by molar-refractivity contribution is -0.152. The first-order valence-corrected chi connectivity index (χ1v) is 9.26. The number of nitrogens with one attached hydrogen (secondary N) is 1. The third-order valence-corrected chi connectivity index (χ3v) is 5.58. The number of carbonyl (C=O) groups is 2. The molecule has 0 aromatic rings. The summed E-state index contributed by atoms with van der Waals surface area (Å²) >= 11 is 0. The highest BCUT2D eigenvalue weighted by Gasteiger charge is 2.48. The number of allylic oxidation sites excluding steroid dienone is 2. The van der Waals surface area contributed by atoms with Gasteiger partial charge < -0.3 is 15.0 Å². The van der Waals surface area contributed by atoms with E-state index in [4.69, 9.17) is 4.74 Å². The molecular formula is C19H30N2O3. The van der Waals surface area contributed by atoms with Crippen LogP contribution in [0.3, 0.4) is 0 Å². The summed E-state index contributed by atoms with van der Waals surface area (Å²) in [6.07, 6.45) is 7.57. The molecule has 2 amide bonds. The van der Waals surface area contributed by atoms with E-state index in [0.29, 0.717) is 25.6 Å². The zero-order valence-corrected chi connectivity index (χ0v) is 15.1. The Morgan fingerprint density at radius 2 is 2.12 bits per heavy atom. The van der Waals surface area contributed by atoms with E-state index in [1.165, 1.54) is 0 Å². The van der Waals surface area contributed by atoms with Crippen molar-refractivity contribution < 1.29 is 14.3 Å². The van der Waals surface area contributed by atoms with Crippen LogP contribution in [0.1, 0.15) is 46.5 Å². The molecule has 1 N–H and O–H groups in total. The molecule has 2 bridgehead atoms.